The molecule has 1 atom stereocenters. The Labute approximate surface area is 137 Å². The molecule has 114 valence electrons. The molecule has 0 radical (unpaired) electrons. The molecule has 1 unspecified atom stereocenters. The Morgan fingerprint density at radius 2 is 1.85 bits per heavy atom. The Morgan fingerprint density at radius 3 is 2.40 bits per heavy atom. The van der Waals surface area contributed by atoms with Gasteiger partial charge >= 0.3 is 0 Å². The van der Waals surface area contributed by atoms with Crippen LogP contribution in [0.3, 0.4) is 0 Å². The van der Waals surface area contributed by atoms with Crippen LogP contribution in [0, 0.1) is 5.92 Å². The van der Waals surface area contributed by atoms with Crippen LogP contribution in [0.1, 0.15) is 69.9 Å². The average molecular weight is 334 g/mol. The van der Waals surface area contributed by atoms with E-state index in [4.69, 9.17) is 23.2 Å². The first-order valence-corrected chi connectivity index (χ1v) is 9.47. The molecule has 1 aromatic rings. The van der Waals surface area contributed by atoms with Crippen LogP contribution in [0.25, 0.3) is 0 Å². The monoisotopic (exact) mass is 333 g/mol. The van der Waals surface area contributed by atoms with E-state index in [1.807, 2.05) is 0 Å². The van der Waals surface area contributed by atoms with Crippen molar-refractivity contribution in [3.63, 3.8) is 0 Å². The van der Waals surface area contributed by atoms with Crippen molar-refractivity contribution in [3.05, 3.63) is 20.3 Å². The van der Waals surface area contributed by atoms with Gasteiger partial charge in [-0.1, -0.05) is 62.2 Å². The van der Waals surface area contributed by atoms with E-state index in [2.05, 4.69) is 18.3 Å². The lowest BCUT2D eigenvalue weighted by Crippen LogP contribution is -2.29. The molecule has 0 amide bonds. The summed E-state index contributed by atoms with van der Waals surface area (Å²) in [6, 6.07) is 2.45. The van der Waals surface area contributed by atoms with Gasteiger partial charge in [-0.25, -0.2) is 0 Å². The van der Waals surface area contributed by atoms with Gasteiger partial charge in [-0.2, -0.15) is 0 Å². The normalized spacial score (nSPS) is 19.6. The highest BCUT2D eigenvalue weighted by molar-refractivity contribution is 7.20. The molecule has 1 nitrogen and oxygen atoms in total. The summed E-state index contributed by atoms with van der Waals surface area (Å²) in [7, 11) is 0. The molecule has 20 heavy (non-hydrogen) atoms. The van der Waals surface area contributed by atoms with Gasteiger partial charge in [0.2, 0.25) is 0 Å². The zero-order chi connectivity index (χ0) is 14.4. The third-order valence-electron chi connectivity index (χ3n) is 4.25. The second-order valence-corrected chi connectivity index (χ2v) is 8.10. The number of halogens is 2. The number of hydrogen-bond donors (Lipinski definition) is 1. The fourth-order valence-corrected chi connectivity index (χ4v) is 4.77. The molecule has 1 aliphatic rings. The predicted octanol–water partition coefficient (Wildman–Crippen LogP) is 6.46. The van der Waals surface area contributed by atoms with Crippen molar-refractivity contribution in [2.24, 2.45) is 5.92 Å². The molecule has 0 saturated heterocycles. The van der Waals surface area contributed by atoms with Crippen LogP contribution in [-0.4, -0.2) is 6.54 Å². The summed E-state index contributed by atoms with van der Waals surface area (Å²) < 4.78 is 1.67. The van der Waals surface area contributed by atoms with Gasteiger partial charge < -0.3 is 5.32 Å². The second kappa shape index (κ2) is 8.63. The lowest BCUT2D eigenvalue weighted by molar-refractivity contribution is 0.289. The molecule has 4 heteroatoms. The van der Waals surface area contributed by atoms with E-state index in [0.29, 0.717) is 12.0 Å². The number of hydrogen-bond acceptors (Lipinski definition) is 2. The Morgan fingerprint density at radius 1 is 1.20 bits per heavy atom. The van der Waals surface area contributed by atoms with Crippen LogP contribution < -0.4 is 5.32 Å². The molecule has 0 spiro atoms. The van der Waals surface area contributed by atoms with Gasteiger partial charge in [0.15, 0.2) is 0 Å². The zero-order valence-electron chi connectivity index (χ0n) is 12.3. The van der Waals surface area contributed by atoms with Crippen molar-refractivity contribution < 1.29 is 0 Å². The first-order valence-electron chi connectivity index (χ1n) is 7.90. The van der Waals surface area contributed by atoms with Crippen LogP contribution in [0.2, 0.25) is 8.67 Å². The molecule has 2 rings (SSSR count). The quantitative estimate of drug-likeness (QED) is 0.652. The van der Waals surface area contributed by atoms with E-state index in [1.165, 1.54) is 61.8 Å². The molecule has 1 heterocycles. The first-order chi connectivity index (χ1) is 9.72. The molecule has 1 N–H and O–H groups in total. The van der Waals surface area contributed by atoms with Crippen LogP contribution in [0.4, 0.5) is 0 Å². The second-order valence-electron chi connectivity index (χ2n) is 5.82. The molecule has 1 fully saturated rings. The molecular formula is C16H25Cl2NS. The summed E-state index contributed by atoms with van der Waals surface area (Å²) in [5.74, 6) is 0.699. The van der Waals surface area contributed by atoms with Gasteiger partial charge in [-0.3, -0.25) is 0 Å². The smallest absolute Gasteiger partial charge is 0.0992 e. The predicted molar refractivity (Wildman–Crippen MR) is 91.2 cm³/mol. The van der Waals surface area contributed by atoms with Gasteiger partial charge in [0.05, 0.1) is 8.67 Å². The highest BCUT2D eigenvalue weighted by Crippen LogP contribution is 2.41. The maximum absolute atomic E-state index is 6.41. The van der Waals surface area contributed by atoms with Crippen molar-refractivity contribution in [3.8, 4) is 0 Å². The maximum atomic E-state index is 6.41. The zero-order valence-corrected chi connectivity index (χ0v) is 14.6. The van der Waals surface area contributed by atoms with Crippen LogP contribution in [0.15, 0.2) is 6.07 Å². The minimum Gasteiger partial charge on any atom is -0.310 e. The lowest BCUT2D eigenvalue weighted by Gasteiger charge is -2.29. The van der Waals surface area contributed by atoms with Crippen LogP contribution >= 0.6 is 34.5 Å². The summed E-state index contributed by atoms with van der Waals surface area (Å²) in [4.78, 5) is 0. The van der Waals surface area contributed by atoms with Crippen molar-refractivity contribution in [2.75, 3.05) is 6.54 Å². The Balaban J connectivity index is 2.14. The molecule has 0 aromatic carbocycles. The van der Waals surface area contributed by atoms with Crippen LogP contribution in [0.5, 0.6) is 0 Å². The molecule has 0 aliphatic heterocycles. The van der Waals surface area contributed by atoms with Crippen molar-refractivity contribution in [1.82, 2.24) is 5.32 Å². The van der Waals surface area contributed by atoms with E-state index in [9.17, 15) is 0 Å². The standard InChI is InChI=1S/C16H25Cl2NS/c1-2-10-19-15(13-11-14(17)20-16(13)18)12-8-6-4-3-5-7-9-12/h11-12,15,19H,2-10H2,1H3. The number of thiophene rings is 1. The summed E-state index contributed by atoms with van der Waals surface area (Å²) in [5, 5.41) is 3.72. The molecule has 1 aliphatic carbocycles. The van der Waals surface area contributed by atoms with E-state index in [1.54, 1.807) is 0 Å². The summed E-state index contributed by atoms with van der Waals surface area (Å²) in [5.41, 5.74) is 1.22. The largest absolute Gasteiger partial charge is 0.310 e. The SMILES string of the molecule is CCCNC(c1cc(Cl)sc1Cl)C1CCCCCCC1. The number of nitrogens with one attached hydrogen (secondary N) is 1. The van der Waals surface area contributed by atoms with Crippen molar-refractivity contribution in [1.29, 1.82) is 0 Å². The lowest BCUT2D eigenvalue weighted by atomic mass is 9.83. The Hall–Kier alpha value is 0.240. The molecule has 1 saturated carbocycles. The van der Waals surface area contributed by atoms with E-state index in [-0.39, 0.29) is 0 Å². The van der Waals surface area contributed by atoms with E-state index >= 15 is 0 Å². The minimum absolute atomic E-state index is 0.379. The Bertz CT molecular complexity index is 397. The average Bonchev–Trinajstić information content (AvgIpc) is 2.71. The van der Waals surface area contributed by atoms with Gasteiger partial charge in [-0.15, -0.1) is 11.3 Å². The first kappa shape index (κ1) is 16.6. The maximum Gasteiger partial charge on any atom is 0.0992 e. The highest BCUT2D eigenvalue weighted by Gasteiger charge is 2.26. The summed E-state index contributed by atoms with van der Waals surface area (Å²) in [6.45, 7) is 3.26. The molecular weight excluding hydrogens is 309 g/mol. The fourth-order valence-electron chi connectivity index (χ4n) is 3.22. The topological polar surface area (TPSA) is 12.0 Å². The van der Waals surface area contributed by atoms with Gasteiger partial charge in [0, 0.05) is 11.6 Å². The third-order valence-corrected chi connectivity index (χ3v) is 5.77. The van der Waals surface area contributed by atoms with Gasteiger partial charge in [0.25, 0.3) is 0 Å². The molecule has 0 bridgehead atoms. The van der Waals surface area contributed by atoms with Crippen molar-refractivity contribution in [2.45, 2.75) is 64.3 Å². The Kier molecular flexibility index (Phi) is 7.16. The van der Waals surface area contributed by atoms with Crippen LogP contribution in [-0.2, 0) is 0 Å². The highest BCUT2D eigenvalue weighted by atomic mass is 35.5. The van der Waals surface area contributed by atoms with Crippen molar-refractivity contribution >= 4 is 34.5 Å². The van der Waals surface area contributed by atoms with E-state index < -0.39 is 0 Å². The van der Waals surface area contributed by atoms with E-state index in [0.717, 1.165) is 21.6 Å². The van der Waals surface area contributed by atoms with Gasteiger partial charge in [0.1, 0.15) is 0 Å². The van der Waals surface area contributed by atoms with Gasteiger partial charge in [-0.05, 0) is 37.8 Å². The summed E-state index contributed by atoms with van der Waals surface area (Å²) >= 11 is 14.0. The third kappa shape index (κ3) is 4.62. The molecule has 1 aromatic heterocycles. The minimum atomic E-state index is 0.379. The fraction of sp³-hybridized carbons (Fsp3) is 0.750. The number of rotatable bonds is 5. The summed E-state index contributed by atoms with van der Waals surface area (Å²) in [6.07, 6.45) is 10.7.